The lowest BCUT2D eigenvalue weighted by Gasteiger charge is -1.89. The first kappa shape index (κ1) is 8.55. The summed E-state index contributed by atoms with van der Waals surface area (Å²) in [4.78, 5) is 8.69. The molecule has 5 heteroatoms. The molecule has 0 unspecified atom stereocenters. The number of imidazole rings is 1. The van der Waals surface area contributed by atoms with Gasteiger partial charge in [-0.25, -0.2) is 4.98 Å². The van der Waals surface area contributed by atoms with E-state index in [2.05, 4.69) is 38.6 Å². The van der Waals surface area contributed by atoms with Gasteiger partial charge in [0, 0.05) is 0 Å². The molecule has 0 amide bonds. The average Bonchev–Trinajstić information content (AvgIpc) is 2.84. The molecule has 3 aromatic rings. The Morgan fingerprint density at radius 3 is 3.07 bits per heavy atom. The van der Waals surface area contributed by atoms with Gasteiger partial charge in [0.25, 0.3) is 0 Å². The number of benzene rings is 1. The maximum atomic E-state index is 4.47. The molecule has 0 aliphatic rings. The minimum Gasteiger partial charge on any atom is -0.337 e. The molecule has 0 saturated heterocycles. The number of nitrogens with one attached hydrogen (secondary N) is 1. The van der Waals surface area contributed by atoms with Crippen molar-refractivity contribution in [3.8, 4) is 10.7 Å². The molecule has 0 radical (unpaired) electrons. The number of hydrogen-bond acceptors (Lipinski definition) is 4. The van der Waals surface area contributed by atoms with Crippen LogP contribution in [0.5, 0.6) is 0 Å². The van der Waals surface area contributed by atoms with Gasteiger partial charge in [-0.15, -0.1) is 5.10 Å². The molecule has 15 heavy (non-hydrogen) atoms. The predicted molar refractivity (Wildman–Crippen MR) is 59.7 cm³/mol. The Kier molecular flexibility index (Phi) is 1.78. The summed E-state index contributed by atoms with van der Waals surface area (Å²) in [5.74, 6) is 0.839. The number of hydrogen-bond donors (Lipinski definition) is 1. The number of aryl methyl sites for hydroxylation is 1. The third-order valence-corrected chi connectivity index (χ3v) is 2.90. The smallest absolute Gasteiger partial charge is 0.151 e. The third-order valence-electron chi connectivity index (χ3n) is 2.23. The number of rotatable bonds is 1. The van der Waals surface area contributed by atoms with Crippen LogP contribution in [0.3, 0.4) is 0 Å². The Hall–Kier alpha value is -1.75. The zero-order chi connectivity index (χ0) is 10.3. The van der Waals surface area contributed by atoms with Gasteiger partial charge in [0.1, 0.15) is 4.88 Å². The van der Waals surface area contributed by atoms with Crippen LogP contribution in [0, 0.1) is 6.92 Å². The summed E-state index contributed by atoms with van der Waals surface area (Å²) >= 11 is 1.34. The number of nitrogens with zero attached hydrogens (tertiary/aromatic N) is 3. The van der Waals surface area contributed by atoms with Gasteiger partial charge >= 0.3 is 0 Å². The van der Waals surface area contributed by atoms with E-state index in [0.717, 1.165) is 21.7 Å². The van der Waals surface area contributed by atoms with Gasteiger partial charge in [-0.2, -0.15) is 0 Å². The molecule has 74 valence electrons. The van der Waals surface area contributed by atoms with Crippen LogP contribution in [-0.4, -0.2) is 19.6 Å². The fourth-order valence-corrected chi connectivity index (χ4v) is 1.97. The van der Waals surface area contributed by atoms with Crippen molar-refractivity contribution in [2.75, 3.05) is 0 Å². The van der Waals surface area contributed by atoms with Crippen molar-refractivity contribution in [2.45, 2.75) is 6.92 Å². The first-order valence-corrected chi connectivity index (χ1v) is 5.34. The van der Waals surface area contributed by atoms with Crippen molar-refractivity contribution < 1.29 is 0 Å². The lowest BCUT2D eigenvalue weighted by Crippen LogP contribution is -1.72. The Balaban J connectivity index is 2.22. The van der Waals surface area contributed by atoms with E-state index in [9.17, 15) is 0 Å². The van der Waals surface area contributed by atoms with Crippen molar-refractivity contribution in [2.24, 2.45) is 0 Å². The highest BCUT2D eigenvalue weighted by atomic mass is 32.1. The van der Waals surface area contributed by atoms with Crippen molar-refractivity contribution in [1.29, 1.82) is 0 Å². The Labute approximate surface area is 90.2 Å². The van der Waals surface area contributed by atoms with Crippen LogP contribution in [-0.2, 0) is 0 Å². The SMILES string of the molecule is Cc1ccc2nc(-c3cnns3)[nH]c2c1. The second-order valence-corrected chi connectivity index (χ2v) is 4.17. The average molecular weight is 216 g/mol. The zero-order valence-corrected chi connectivity index (χ0v) is 8.88. The van der Waals surface area contributed by atoms with Gasteiger partial charge in [-0.1, -0.05) is 10.6 Å². The monoisotopic (exact) mass is 216 g/mol. The highest BCUT2D eigenvalue weighted by Crippen LogP contribution is 2.22. The van der Waals surface area contributed by atoms with Gasteiger partial charge in [0.05, 0.1) is 17.2 Å². The van der Waals surface area contributed by atoms with E-state index in [0.29, 0.717) is 0 Å². The van der Waals surface area contributed by atoms with Crippen molar-refractivity contribution in [1.82, 2.24) is 19.6 Å². The molecule has 1 N–H and O–H groups in total. The molecule has 0 aliphatic carbocycles. The summed E-state index contributed by atoms with van der Waals surface area (Å²) in [7, 11) is 0. The molecule has 0 spiro atoms. The van der Waals surface area contributed by atoms with Crippen molar-refractivity contribution in [3.05, 3.63) is 30.0 Å². The quantitative estimate of drug-likeness (QED) is 0.679. The standard InChI is InChI=1S/C10H8N4S/c1-6-2-3-7-8(4-6)13-10(12-7)9-5-11-14-15-9/h2-5H,1H3,(H,12,13). The maximum Gasteiger partial charge on any atom is 0.151 e. The molecular formula is C10H8N4S. The summed E-state index contributed by atoms with van der Waals surface area (Å²) in [6, 6.07) is 6.15. The Morgan fingerprint density at radius 2 is 2.27 bits per heavy atom. The van der Waals surface area contributed by atoms with Crippen LogP contribution in [0.4, 0.5) is 0 Å². The Morgan fingerprint density at radius 1 is 1.33 bits per heavy atom. The van der Waals surface area contributed by atoms with E-state index in [1.165, 1.54) is 17.1 Å². The van der Waals surface area contributed by atoms with Gasteiger partial charge in [0.15, 0.2) is 5.82 Å². The topological polar surface area (TPSA) is 54.5 Å². The third kappa shape index (κ3) is 1.41. The Bertz CT molecular complexity index is 597. The molecule has 0 fully saturated rings. The van der Waals surface area contributed by atoms with Crippen molar-refractivity contribution in [3.63, 3.8) is 0 Å². The molecule has 1 aromatic carbocycles. The maximum absolute atomic E-state index is 4.47. The van der Waals surface area contributed by atoms with Gasteiger partial charge in [-0.05, 0) is 36.2 Å². The summed E-state index contributed by atoms with van der Waals surface area (Å²) < 4.78 is 3.82. The lowest BCUT2D eigenvalue weighted by molar-refractivity contribution is 1.15. The summed E-state index contributed by atoms with van der Waals surface area (Å²) in [6.07, 6.45) is 1.72. The lowest BCUT2D eigenvalue weighted by atomic mass is 10.2. The van der Waals surface area contributed by atoms with E-state index in [4.69, 9.17) is 0 Å². The van der Waals surface area contributed by atoms with Crippen LogP contribution in [0.15, 0.2) is 24.4 Å². The van der Waals surface area contributed by atoms with Crippen LogP contribution in [0.1, 0.15) is 5.56 Å². The van der Waals surface area contributed by atoms with E-state index in [1.807, 2.05) is 6.07 Å². The zero-order valence-electron chi connectivity index (χ0n) is 8.06. The van der Waals surface area contributed by atoms with E-state index < -0.39 is 0 Å². The van der Waals surface area contributed by atoms with E-state index in [1.54, 1.807) is 6.20 Å². The molecule has 2 aromatic heterocycles. The number of fused-ring (bicyclic) bond motifs is 1. The molecule has 2 heterocycles. The second-order valence-electron chi connectivity index (χ2n) is 3.39. The second kappa shape index (κ2) is 3.13. The number of aromatic amines is 1. The van der Waals surface area contributed by atoms with Crippen LogP contribution >= 0.6 is 11.5 Å². The molecule has 0 bridgehead atoms. The van der Waals surface area contributed by atoms with Crippen molar-refractivity contribution >= 4 is 22.6 Å². The number of H-pyrrole nitrogens is 1. The van der Waals surface area contributed by atoms with Crippen LogP contribution in [0.25, 0.3) is 21.7 Å². The highest BCUT2D eigenvalue weighted by Gasteiger charge is 2.06. The molecule has 3 rings (SSSR count). The van der Waals surface area contributed by atoms with E-state index in [-0.39, 0.29) is 0 Å². The summed E-state index contributed by atoms with van der Waals surface area (Å²) in [6.45, 7) is 2.06. The van der Waals surface area contributed by atoms with Crippen LogP contribution < -0.4 is 0 Å². The fraction of sp³-hybridized carbons (Fsp3) is 0.100. The minimum atomic E-state index is 0.839. The molecular weight excluding hydrogens is 208 g/mol. The first-order valence-electron chi connectivity index (χ1n) is 4.57. The summed E-state index contributed by atoms with van der Waals surface area (Å²) in [5.41, 5.74) is 3.25. The van der Waals surface area contributed by atoms with E-state index >= 15 is 0 Å². The highest BCUT2D eigenvalue weighted by molar-refractivity contribution is 7.09. The van der Waals surface area contributed by atoms with Crippen LogP contribution in [0.2, 0.25) is 0 Å². The fourth-order valence-electron chi connectivity index (χ4n) is 1.51. The predicted octanol–water partition coefficient (Wildman–Crippen LogP) is 2.39. The van der Waals surface area contributed by atoms with Gasteiger partial charge < -0.3 is 4.98 Å². The molecule has 0 atom stereocenters. The van der Waals surface area contributed by atoms with Gasteiger partial charge in [0.2, 0.25) is 0 Å². The number of aromatic nitrogens is 4. The first-order chi connectivity index (χ1) is 7.33. The molecule has 4 nitrogen and oxygen atoms in total. The normalized spacial score (nSPS) is 11.0. The molecule has 0 saturated carbocycles. The van der Waals surface area contributed by atoms with Gasteiger partial charge in [-0.3, -0.25) is 0 Å². The molecule has 0 aliphatic heterocycles. The largest absolute Gasteiger partial charge is 0.337 e. The summed E-state index contributed by atoms with van der Waals surface area (Å²) in [5, 5.41) is 3.79. The minimum absolute atomic E-state index is 0.839.